The molecular weight excluding hydrogens is 475 g/mol. The first-order chi connectivity index (χ1) is 17.0. The molecule has 0 radical (unpaired) electrons. The molecule has 0 saturated carbocycles. The van der Waals surface area contributed by atoms with Crippen molar-refractivity contribution in [3.05, 3.63) is 29.8 Å². The topological polar surface area (TPSA) is 86.2 Å². The molecule has 0 bridgehead atoms. The van der Waals surface area contributed by atoms with Crippen molar-refractivity contribution in [2.24, 2.45) is 11.8 Å². The fourth-order valence-electron chi connectivity index (χ4n) is 4.47. The van der Waals surface area contributed by atoms with Crippen LogP contribution in [-0.4, -0.2) is 74.6 Å². The minimum Gasteiger partial charge on any atom is -0.340 e. The van der Waals surface area contributed by atoms with Crippen LogP contribution in [0.2, 0.25) is 0 Å². The Morgan fingerprint density at radius 2 is 1.89 bits per heavy atom. The summed E-state index contributed by atoms with van der Waals surface area (Å²) in [6.07, 6.45) is -2.15. The number of urea groups is 2. The Labute approximate surface area is 211 Å². The second-order valence-corrected chi connectivity index (χ2v) is 9.56. The van der Waals surface area contributed by atoms with Crippen LogP contribution in [0.3, 0.4) is 0 Å². The zero-order chi connectivity index (χ0) is 26.9. The third-order valence-corrected chi connectivity index (χ3v) is 6.57. The summed E-state index contributed by atoms with van der Waals surface area (Å²) in [5, 5.41) is 5.37. The number of alkyl halides is 3. The van der Waals surface area contributed by atoms with E-state index in [0.717, 1.165) is 31.5 Å². The van der Waals surface area contributed by atoms with Crippen molar-refractivity contribution in [2.45, 2.75) is 45.7 Å². The van der Waals surface area contributed by atoms with Gasteiger partial charge in [-0.3, -0.25) is 9.69 Å². The first kappa shape index (κ1) is 29.4. The molecule has 0 aliphatic carbocycles. The molecule has 1 aromatic carbocycles. The molecule has 1 heterocycles. The molecule has 0 unspecified atom stereocenters. The lowest BCUT2D eigenvalue weighted by atomic mass is 9.81. The first-order valence-corrected chi connectivity index (χ1v) is 12.6. The number of hydrogen-bond donors (Lipinski definition) is 3. The van der Waals surface area contributed by atoms with Crippen molar-refractivity contribution in [3.8, 4) is 0 Å². The normalized spacial score (nSPS) is 18.2. The van der Waals surface area contributed by atoms with E-state index in [1.54, 1.807) is 11.8 Å². The molecule has 8 nitrogen and oxygen atoms in total. The smallest absolute Gasteiger partial charge is 0.340 e. The van der Waals surface area contributed by atoms with Gasteiger partial charge in [-0.25, -0.2) is 9.59 Å². The Kier molecular flexibility index (Phi) is 11.0. The molecule has 0 aromatic heterocycles. The summed E-state index contributed by atoms with van der Waals surface area (Å²) in [4.78, 5) is 42.3. The summed E-state index contributed by atoms with van der Waals surface area (Å²) in [6.45, 7) is 6.21. The zero-order valence-corrected chi connectivity index (χ0v) is 21.6. The van der Waals surface area contributed by atoms with E-state index in [0.29, 0.717) is 26.1 Å². The third kappa shape index (κ3) is 8.69. The highest BCUT2D eigenvalue weighted by Gasteiger charge is 2.34. The second kappa shape index (κ2) is 13.5. The number of nitrogens with zero attached hydrogens (tertiary/aromatic N) is 2. The summed E-state index contributed by atoms with van der Waals surface area (Å²) < 4.78 is 38.9. The average molecular weight is 515 g/mol. The van der Waals surface area contributed by atoms with E-state index >= 15 is 0 Å². The summed E-state index contributed by atoms with van der Waals surface area (Å²) in [5.74, 6) is -0.183. The van der Waals surface area contributed by atoms with E-state index in [1.165, 1.54) is 21.9 Å². The van der Waals surface area contributed by atoms with Crippen molar-refractivity contribution in [3.63, 3.8) is 0 Å². The predicted octanol–water partition coefficient (Wildman–Crippen LogP) is 3.07. The van der Waals surface area contributed by atoms with Gasteiger partial charge in [0.05, 0.1) is 26.2 Å². The number of carbonyl (C=O) groups excluding carboxylic acids is 3. The number of halogens is 3. The van der Waals surface area contributed by atoms with Gasteiger partial charge in [-0.1, -0.05) is 19.4 Å². The summed E-state index contributed by atoms with van der Waals surface area (Å²) >= 11 is 0. The van der Waals surface area contributed by atoms with E-state index in [9.17, 15) is 27.6 Å². The van der Waals surface area contributed by atoms with Crippen LogP contribution in [0.1, 0.15) is 45.1 Å². The molecular formula is C25H39F3N5O3+. The molecule has 1 aliphatic heterocycles. The molecule has 1 saturated heterocycles. The van der Waals surface area contributed by atoms with E-state index in [2.05, 4.69) is 10.6 Å². The van der Waals surface area contributed by atoms with Crippen LogP contribution < -0.4 is 15.5 Å². The number of benzene rings is 1. The van der Waals surface area contributed by atoms with Gasteiger partial charge in [-0.05, 0) is 43.4 Å². The van der Waals surface area contributed by atoms with E-state index in [-0.39, 0.29) is 42.4 Å². The largest absolute Gasteiger partial charge is 0.416 e. The molecule has 5 amide bonds. The molecule has 1 aromatic rings. The van der Waals surface area contributed by atoms with Crippen molar-refractivity contribution in [1.82, 2.24) is 15.1 Å². The van der Waals surface area contributed by atoms with Crippen LogP contribution in [0, 0.1) is 11.8 Å². The quantitative estimate of drug-likeness (QED) is 0.443. The molecule has 1 fully saturated rings. The monoisotopic (exact) mass is 514 g/mol. The minimum atomic E-state index is -4.49. The molecule has 202 valence electrons. The standard InChI is InChI=1S/C25H38F3N5O3/c1-5-18-17-32(24(36)30-21-10-7-9-20(16-21)25(26,27)28)14-11-19(18)15-22(34)33(6-2)23(35)29-12-8-13-31(3)4/h7,9-10,16,18-19H,5-6,8,11-15,17H2,1-4H3,(H,29,35)(H,30,36)/p+1/t18-,19-/m0/s1. The summed E-state index contributed by atoms with van der Waals surface area (Å²) in [5.41, 5.74) is -0.746. The molecule has 2 atom stereocenters. The van der Waals surface area contributed by atoms with Crippen LogP contribution in [0.4, 0.5) is 28.4 Å². The Morgan fingerprint density at radius 3 is 2.50 bits per heavy atom. The van der Waals surface area contributed by atoms with Gasteiger partial charge in [-0.2, -0.15) is 13.2 Å². The van der Waals surface area contributed by atoms with Gasteiger partial charge in [0.2, 0.25) is 5.91 Å². The van der Waals surface area contributed by atoms with Crippen LogP contribution in [0.25, 0.3) is 0 Å². The van der Waals surface area contributed by atoms with Crippen molar-refractivity contribution in [2.75, 3.05) is 52.1 Å². The highest BCUT2D eigenvalue weighted by atomic mass is 19.4. The summed E-state index contributed by atoms with van der Waals surface area (Å²) in [7, 11) is 4.07. The van der Waals surface area contributed by atoms with Gasteiger partial charge in [-0.15, -0.1) is 0 Å². The Hall–Kier alpha value is -2.82. The third-order valence-electron chi connectivity index (χ3n) is 6.57. The van der Waals surface area contributed by atoms with Gasteiger partial charge in [0.25, 0.3) is 0 Å². The number of amides is 5. The molecule has 1 aliphatic rings. The van der Waals surface area contributed by atoms with Gasteiger partial charge in [0.15, 0.2) is 0 Å². The van der Waals surface area contributed by atoms with Crippen molar-refractivity contribution < 1.29 is 32.5 Å². The van der Waals surface area contributed by atoms with E-state index in [4.69, 9.17) is 0 Å². The SMILES string of the molecule is CC[C@H]1CN(C(=O)Nc2cccc(C(F)(F)F)c2)CC[C@H]1CC(=O)N(CC)C(=O)NCCC[NH+](C)C. The van der Waals surface area contributed by atoms with Gasteiger partial charge in [0, 0.05) is 44.7 Å². The first-order valence-electron chi connectivity index (χ1n) is 12.6. The maximum Gasteiger partial charge on any atom is 0.416 e. The maximum absolute atomic E-state index is 13.0. The van der Waals surface area contributed by atoms with E-state index < -0.39 is 17.8 Å². The number of hydrogen-bond acceptors (Lipinski definition) is 3. The lowest BCUT2D eigenvalue weighted by molar-refractivity contribution is -0.858. The fraction of sp³-hybridized carbons (Fsp3) is 0.640. The van der Waals surface area contributed by atoms with Crippen LogP contribution in [0.5, 0.6) is 0 Å². The number of anilines is 1. The summed E-state index contributed by atoms with van der Waals surface area (Å²) in [6, 6.07) is 3.68. The van der Waals surface area contributed by atoms with Crippen LogP contribution in [0.15, 0.2) is 24.3 Å². The molecule has 3 N–H and O–H groups in total. The number of carbonyl (C=O) groups is 3. The Balaban J connectivity index is 1.92. The molecule has 0 spiro atoms. The molecule has 36 heavy (non-hydrogen) atoms. The molecule has 2 rings (SSSR count). The number of piperidine rings is 1. The number of rotatable bonds is 9. The number of quaternary nitrogens is 1. The zero-order valence-electron chi connectivity index (χ0n) is 21.6. The lowest BCUT2D eigenvalue weighted by Crippen LogP contribution is -3.05. The lowest BCUT2D eigenvalue weighted by Gasteiger charge is -2.38. The Bertz CT molecular complexity index is 894. The van der Waals surface area contributed by atoms with Crippen molar-refractivity contribution in [1.29, 1.82) is 0 Å². The van der Waals surface area contributed by atoms with Gasteiger partial charge < -0.3 is 20.4 Å². The fourth-order valence-corrected chi connectivity index (χ4v) is 4.47. The Morgan fingerprint density at radius 1 is 1.17 bits per heavy atom. The van der Waals surface area contributed by atoms with Crippen molar-refractivity contribution >= 4 is 23.7 Å². The highest BCUT2D eigenvalue weighted by Crippen LogP contribution is 2.32. The maximum atomic E-state index is 13.0. The van der Waals surface area contributed by atoms with Crippen LogP contribution in [-0.2, 0) is 11.0 Å². The number of likely N-dealkylation sites (tertiary alicyclic amines) is 1. The second-order valence-electron chi connectivity index (χ2n) is 9.56. The van der Waals surface area contributed by atoms with Gasteiger partial charge in [0.1, 0.15) is 0 Å². The van der Waals surface area contributed by atoms with Crippen LogP contribution >= 0.6 is 0 Å². The number of nitrogens with one attached hydrogen (secondary N) is 3. The highest BCUT2D eigenvalue weighted by molar-refractivity contribution is 5.94. The number of imide groups is 1. The minimum absolute atomic E-state index is 0.0132. The molecule has 11 heteroatoms. The average Bonchev–Trinajstić information content (AvgIpc) is 2.82. The van der Waals surface area contributed by atoms with E-state index in [1.807, 2.05) is 21.0 Å². The predicted molar refractivity (Wildman–Crippen MR) is 132 cm³/mol. The van der Waals surface area contributed by atoms with Gasteiger partial charge >= 0.3 is 18.2 Å².